The van der Waals surface area contributed by atoms with Gasteiger partial charge in [0.05, 0.1) is 0 Å². The summed E-state index contributed by atoms with van der Waals surface area (Å²) in [5.74, 6) is 1.28. The Kier molecular flexibility index (Phi) is 7.76. The van der Waals surface area contributed by atoms with Crippen molar-refractivity contribution in [3.8, 4) is 34.0 Å². The SMILES string of the molecule is CC(C)(C)c1cc(Oc2[c-]c(-c3cc(C(C)(C)C)ccn3)ccc2)[c-]c(-c2ccccn2)c1.[Pd+2]. The zero-order valence-corrected chi connectivity index (χ0v) is 22.1. The molecule has 3 nitrogen and oxygen atoms in total. The second-order valence-electron chi connectivity index (χ2n) is 10.3. The van der Waals surface area contributed by atoms with Gasteiger partial charge in [-0.25, -0.2) is 0 Å². The molecule has 0 aliphatic heterocycles. The van der Waals surface area contributed by atoms with Gasteiger partial charge in [0.1, 0.15) is 0 Å². The molecule has 4 rings (SSSR count). The number of rotatable bonds is 4. The molecule has 0 fully saturated rings. The van der Waals surface area contributed by atoms with E-state index in [4.69, 9.17) is 4.74 Å². The fraction of sp³-hybridized carbons (Fsp3) is 0.267. The number of hydrogen-bond acceptors (Lipinski definition) is 3. The van der Waals surface area contributed by atoms with Crippen molar-refractivity contribution in [2.24, 2.45) is 0 Å². The number of pyridine rings is 2. The smallest absolute Gasteiger partial charge is 0.497 e. The van der Waals surface area contributed by atoms with E-state index in [2.05, 4.69) is 81.8 Å². The molecule has 34 heavy (non-hydrogen) atoms. The van der Waals surface area contributed by atoms with E-state index in [1.807, 2.05) is 48.7 Å². The van der Waals surface area contributed by atoms with Crippen molar-refractivity contribution in [1.82, 2.24) is 9.97 Å². The number of nitrogens with zero attached hydrogens (tertiary/aromatic N) is 2. The molecule has 0 bridgehead atoms. The van der Waals surface area contributed by atoms with Gasteiger partial charge in [0.2, 0.25) is 0 Å². The Morgan fingerprint density at radius 1 is 0.618 bits per heavy atom. The quantitative estimate of drug-likeness (QED) is 0.196. The maximum atomic E-state index is 6.27. The Hall–Kier alpha value is -2.80. The Balaban J connectivity index is 0.00000324. The molecule has 2 aromatic heterocycles. The minimum Gasteiger partial charge on any atom is -0.497 e. The summed E-state index contributed by atoms with van der Waals surface area (Å²) >= 11 is 0. The van der Waals surface area contributed by atoms with Crippen LogP contribution in [0.2, 0.25) is 0 Å². The molecular weight excluding hydrogens is 511 g/mol. The second kappa shape index (κ2) is 10.2. The van der Waals surface area contributed by atoms with E-state index in [-0.39, 0.29) is 31.3 Å². The summed E-state index contributed by atoms with van der Waals surface area (Å²) in [5.41, 5.74) is 5.97. The van der Waals surface area contributed by atoms with Gasteiger partial charge < -0.3 is 14.7 Å². The van der Waals surface area contributed by atoms with Crippen LogP contribution in [0.4, 0.5) is 0 Å². The monoisotopic (exact) mass is 540 g/mol. The van der Waals surface area contributed by atoms with Gasteiger partial charge in [-0.1, -0.05) is 77.9 Å². The Morgan fingerprint density at radius 2 is 1.32 bits per heavy atom. The first-order chi connectivity index (χ1) is 15.6. The van der Waals surface area contributed by atoms with Gasteiger partial charge in [0.25, 0.3) is 0 Å². The summed E-state index contributed by atoms with van der Waals surface area (Å²) in [6.07, 6.45) is 3.65. The Labute approximate surface area is 217 Å². The molecule has 0 unspecified atom stereocenters. The fourth-order valence-electron chi connectivity index (χ4n) is 3.51. The van der Waals surface area contributed by atoms with E-state index < -0.39 is 0 Å². The van der Waals surface area contributed by atoms with Crippen molar-refractivity contribution in [3.63, 3.8) is 0 Å². The van der Waals surface area contributed by atoms with Crippen LogP contribution >= 0.6 is 0 Å². The Morgan fingerprint density at radius 3 is 2.00 bits per heavy atom. The molecule has 176 valence electrons. The van der Waals surface area contributed by atoms with Crippen LogP contribution in [0.15, 0.2) is 73.1 Å². The van der Waals surface area contributed by atoms with Gasteiger partial charge in [-0.2, -0.15) is 0 Å². The minimum atomic E-state index is -0.0420. The zero-order valence-electron chi connectivity index (χ0n) is 20.5. The Bertz CT molecular complexity index is 1250. The third kappa shape index (κ3) is 6.20. The van der Waals surface area contributed by atoms with Crippen LogP contribution in [-0.4, -0.2) is 9.97 Å². The molecule has 0 amide bonds. The number of benzene rings is 2. The van der Waals surface area contributed by atoms with Gasteiger partial charge in [0.15, 0.2) is 0 Å². The molecule has 0 N–H and O–H groups in total. The average Bonchev–Trinajstić information content (AvgIpc) is 2.79. The summed E-state index contributed by atoms with van der Waals surface area (Å²) in [4.78, 5) is 9.07. The second-order valence-corrected chi connectivity index (χ2v) is 10.3. The molecule has 0 saturated heterocycles. The van der Waals surface area contributed by atoms with Crippen molar-refractivity contribution in [2.45, 2.75) is 52.4 Å². The first kappa shape index (κ1) is 25.8. The van der Waals surface area contributed by atoms with Gasteiger partial charge in [0, 0.05) is 23.9 Å². The predicted octanol–water partition coefficient (Wildman–Crippen LogP) is 7.80. The van der Waals surface area contributed by atoms with Crippen LogP contribution in [0.3, 0.4) is 0 Å². The molecule has 2 heterocycles. The standard InChI is InChI=1S/C30H30N2O.Pd/c1-29(2,3)23-13-15-32-28(20-23)21-10-9-11-25(17-21)33-26-18-22(27-12-7-8-14-31-27)16-24(19-26)30(4,5)6;/h7-16,19-20H,1-6H3;/q-2;+2. The third-order valence-electron chi connectivity index (χ3n) is 5.54. The van der Waals surface area contributed by atoms with E-state index in [1.54, 1.807) is 6.20 Å². The topological polar surface area (TPSA) is 35.0 Å². The molecule has 0 aliphatic rings. The van der Waals surface area contributed by atoms with Crippen LogP contribution in [0.1, 0.15) is 52.7 Å². The molecule has 4 aromatic rings. The van der Waals surface area contributed by atoms with Crippen molar-refractivity contribution >= 4 is 0 Å². The zero-order chi connectivity index (χ0) is 23.6. The van der Waals surface area contributed by atoms with E-state index in [1.165, 1.54) is 5.56 Å². The largest absolute Gasteiger partial charge is 2.00 e. The summed E-state index contributed by atoms with van der Waals surface area (Å²) in [5, 5.41) is 0. The first-order valence-electron chi connectivity index (χ1n) is 11.3. The van der Waals surface area contributed by atoms with Crippen LogP contribution in [0, 0.1) is 12.1 Å². The van der Waals surface area contributed by atoms with Crippen LogP contribution in [0.5, 0.6) is 11.5 Å². The van der Waals surface area contributed by atoms with E-state index >= 15 is 0 Å². The van der Waals surface area contributed by atoms with Crippen molar-refractivity contribution < 1.29 is 25.2 Å². The summed E-state index contributed by atoms with van der Waals surface area (Å²) in [7, 11) is 0. The number of ether oxygens (including phenoxy) is 1. The number of aromatic nitrogens is 2. The fourth-order valence-corrected chi connectivity index (χ4v) is 3.51. The molecule has 0 radical (unpaired) electrons. The van der Waals surface area contributed by atoms with Crippen molar-refractivity contribution in [2.75, 3.05) is 0 Å². The van der Waals surface area contributed by atoms with Crippen LogP contribution in [-0.2, 0) is 31.3 Å². The van der Waals surface area contributed by atoms with Crippen LogP contribution in [0.25, 0.3) is 22.5 Å². The molecule has 2 aromatic carbocycles. The molecule has 0 aliphatic carbocycles. The molecular formula is C30H30N2OPd. The first-order valence-corrected chi connectivity index (χ1v) is 11.3. The third-order valence-corrected chi connectivity index (χ3v) is 5.54. The molecule has 0 saturated carbocycles. The summed E-state index contributed by atoms with van der Waals surface area (Å²) in [6.45, 7) is 13.2. The van der Waals surface area contributed by atoms with Gasteiger partial charge in [-0.15, -0.1) is 41.0 Å². The van der Waals surface area contributed by atoms with E-state index in [9.17, 15) is 0 Å². The van der Waals surface area contributed by atoms with E-state index in [0.717, 1.165) is 28.1 Å². The van der Waals surface area contributed by atoms with Gasteiger partial charge in [-0.05, 0) is 39.9 Å². The van der Waals surface area contributed by atoms with Crippen molar-refractivity contribution in [1.29, 1.82) is 0 Å². The minimum absolute atomic E-state index is 0. The number of hydrogen-bond donors (Lipinski definition) is 0. The average molecular weight is 541 g/mol. The van der Waals surface area contributed by atoms with E-state index in [0.29, 0.717) is 11.5 Å². The van der Waals surface area contributed by atoms with Gasteiger partial charge in [-0.3, -0.25) is 0 Å². The molecule has 0 spiro atoms. The van der Waals surface area contributed by atoms with Gasteiger partial charge >= 0.3 is 20.4 Å². The molecule has 4 heteroatoms. The summed E-state index contributed by atoms with van der Waals surface area (Å²) in [6, 6.07) is 26.9. The molecule has 0 atom stereocenters. The maximum absolute atomic E-state index is 6.27. The normalized spacial score (nSPS) is 11.6. The summed E-state index contributed by atoms with van der Waals surface area (Å²) < 4.78 is 6.27. The van der Waals surface area contributed by atoms with Crippen molar-refractivity contribution in [3.05, 3.63) is 96.3 Å². The predicted molar refractivity (Wildman–Crippen MR) is 134 cm³/mol. The van der Waals surface area contributed by atoms with Crippen LogP contribution < -0.4 is 4.74 Å². The maximum Gasteiger partial charge on any atom is 2.00 e.